The van der Waals surface area contributed by atoms with Crippen LogP contribution in [-0.4, -0.2) is 22.4 Å². The van der Waals surface area contributed by atoms with E-state index in [4.69, 9.17) is 5.11 Å². The van der Waals surface area contributed by atoms with Crippen molar-refractivity contribution in [3.05, 3.63) is 54.1 Å². The molecular formula is C18H21NO2S. The Balaban J connectivity index is 2.14. The van der Waals surface area contributed by atoms with Gasteiger partial charge in [0, 0.05) is 17.0 Å². The highest BCUT2D eigenvalue weighted by atomic mass is 32.1. The van der Waals surface area contributed by atoms with Crippen LogP contribution in [0.5, 0.6) is 0 Å². The fourth-order valence-electron chi connectivity index (χ4n) is 2.15. The Morgan fingerprint density at radius 2 is 1.77 bits per heavy atom. The van der Waals surface area contributed by atoms with Crippen molar-refractivity contribution in [3.8, 4) is 11.1 Å². The van der Waals surface area contributed by atoms with Crippen LogP contribution in [0.4, 0.5) is 5.69 Å². The number of rotatable bonds is 6. The Morgan fingerprint density at radius 1 is 1.14 bits per heavy atom. The normalized spacial score (nSPS) is 11.2. The molecule has 0 fully saturated rings. The van der Waals surface area contributed by atoms with Crippen molar-refractivity contribution in [2.75, 3.05) is 11.9 Å². The zero-order chi connectivity index (χ0) is 16.2. The summed E-state index contributed by atoms with van der Waals surface area (Å²) in [5.41, 5.74) is 3.22. The number of carboxylic acids is 1. The number of anilines is 1. The third kappa shape index (κ3) is 4.81. The highest BCUT2D eigenvalue weighted by molar-refractivity contribution is 7.81. The molecule has 0 amide bonds. The Bertz CT molecular complexity index is 662. The highest BCUT2D eigenvalue weighted by Crippen LogP contribution is 2.24. The third-order valence-corrected chi connectivity index (χ3v) is 3.59. The van der Waals surface area contributed by atoms with Crippen LogP contribution >= 0.6 is 12.6 Å². The Morgan fingerprint density at radius 3 is 2.41 bits per heavy atom. The quantitative estimate of drug-likeness (QED) is 0.685. The number of aromatic carboxylic acids is 1. The zero-order valence-corrected chi connectivity index (χ0v) is 13.7. The summed E-state index contributed by atoms with van der Waals surface area (Å²) in [4.78, 5) is 11.1. The number of carboxylic acid groups (broad SMARTS) is 1. The molecule has 0 aliphatic rings. The highest BCUT2D eigenvalue weighted by Gasteiger charge is 2.10. The van der Waals surface area contributed by atoms with E-state index in [1.165, 1.54) is 0 Å². The molecular weight excluding hydrogens is 294 g/mol. The van der Waals surface area contributed by atoms with Gasteiger partial charge in [0.2, 0.25) is 0 Å². The zero-order valence-electron chi connectivity index (χ0n) is 12.8. The maximum absolute atomic E-state index is 11.1. The minimum absolute atomic E-state index is 0.000426. The van der Waals surface area contributed by atoms with Crippen molar-refractivity contribution < 1.29 is 9.90 Å². The molecule has 0 bridgehead atoms. The maximum Gasteiger partial charge on any atom is 0.335 e. The molecule has 0 aliphatic carbocycles. The van der Waals surface area contributed by atoms with Gasteiger partial charge >= 0.3 is 5.97 Å². The smallest absolute Gasteiger partial charge is 0.335 e. The molecule has 22 heavy (non-hydrogen) atoms. The monoisotopic (exact) mass is 315 g/mol. The average molecular weight is 315 g/mol. The average Bonchev–Trinajstić information content (AvgIpc) is 2.46. The van der Waals surface area contributed by atoms with Gasteiger partial charge in [-0.15, -0.1) is 0 Å². The molecule has 2 aromatic rings. The minimum Gasteiger partial charge on any atom is -0.478 e. The maximum atomic E-state index is 11.1. The van der Waals surface area contributed by atoms with Crippen molar-refractivity contribution >= 4 is 24.3 Å². The fraction of sp³-hybridized carbons (Fsp3) is 0.278. The van der Waals surface area contributed by atoms with Gasteiger partial charge in [0.05, 0.1) is 5.56 Å². The van der Waals surface area contributed by atoms with E-state index in [0.717, 1.165) is 29.8 Å². The summed E-state index contributed by atoms with van der Waals surface area (Å²) >= 11 is 4.51. The van der Waals surface area contributed by atoms with Gasteiger partial charge in [-0.25, -0.2) is 4.79 Å². The van der Waals surface area contributed by atoms with E-state index in [1.807, 2.05) is 30.3 Å². The van der Waals surface area contributed by atoms with E-state index < -0.39 is 5.97 Å². The van der Waals surface area contributed by atoms with Crippen molar-refractivity contribution in [1.29, 1.82) is 0 Å². The second-order valence-corrected chi connectivity index (χ2v) is 7.17. The van der Waals surface area contributed by atoms with Crippen LogP contribution in [0.25, 0.3) is 11.1 Å². The number of hydrogen-bond donors (Lipinski definition) is 3. The lowest BCUT2D eigenvalue weighted by molar-refractivity contribution is 0.0697. The largest absolute Gasteiger partial charge is 0.478 e. The van der Waals surface area contributed by atoms with Gasteiger partial charge in [-0.1, -0.05) is 38.1 Å². The number of thiol groups is 1. The fourth-order valence-corrected chi connectivity index (χ4v) is 2.27. The summed E-state index contributed by atoms with van der Waals surface area (Å²) in [5, 5.41) is 12.5. The van der Waals surface area contributed by atoms with Gasteiger partial charge in [0.1, 0.15) is 0 Å². The summed E-state index contributed by atoms with van der Waals surface area (Å²) in [5.74, 6) is -0.910. The van der Waals surface area contributed by atoms with Crippen LogP contribution in [-0.2, 0) is 0 Å². The summed E-state index contributed by atoms with van der Waals surface area (Å²) in [6, 6.07) is 15.0. The molecule has 0 saturated heterocycles. The van der Waals surface area contributed by atoms with Crippen molar-refractivity contribution in [2.24, 2.45) is 0 Å². The van der Waals surface area contributed by atoms with Gasteiger partial charge in [-0.2, -0.15) is 12.6 Å². The topological polar surface area (TPSA) is 49.3 Å². The lowest BCUT2D eigenvalue weighted by Gasteiger charge is -2.18. The Hall–Kier alpha value is -1.94. The van der Waals surface area contributed by atoms with Crippen LogP contribution in [0.15, 0.2) is 48.5 Å². The molecule has 0 aliphatic heterocycles. The molecule has 2 rings (SSSR count). The van der Waals surface area contributed by atoms with E-state index in [2.05, 4.69) is 31.8 Å². The molecule has 0 saturated carbocycles. The number of benzene rings is 2. The van der Waals surface area contributed by atoms with Crippen LogP contribution < -0.4 is 5.32 Å². The first-order chi connectivity index (χ1) is 10.3. The Labute approximate surface area is 136 Å². The first kappa shape index (κ1) is 16.4. The van der Waals surface area contributed by atoms with E-state index in [-0.39, 0.29) is 4.75 Å². The van der Waals surface area contributed by atoms with Gasteiger partial charge in [-0.05, 0) is 41.8 Å². The molecule has 0 aromatic heterocycles. The van der Waals surface area contributed by atoms with E-state index >= 15 is 0 Å². The van der Waals surface area contributed by atoms with E-state index in [1.54, 1.807) is 18.2 Å². The lowest BCUT2D eigenvalue weighted by Crippen LogP contribution is -2.16. The Kier molecular flexibility index (Phi) is 5.14. The summed E-state index contributed by atoms with van der Waals surface area (Å²) in [6.07, 6.45) is 0.953. The SMILES string of the molecule is CC(C)(S)CCNc1cccc(-c2cccc(C(=O)O)c2)c1. The molecule has 3 nitrogen and oxygen atoms in total. The van der Waals surface area contributed by atoms with Crippen LogP contribution in [0.2, 0.25) is 0 Å². The second-order valence-electron chi connectivity index (χ2n) is 5.96. The van der Waals surface area contributed by atoms with Crippen LogP contribution in [0, 0.1) is 0 Å². The predicted octanol–water partition coefficient (Wildman–Crippen LogP) is 4.56. The van der Waals surface area contributed by atoms with Crippen LogP contribution in [0.1, 0.15) is 30.6 Å². The van der Waals surface area contributed by atoms with Gasteiger partial charge in [-0.3, -0.25) is 0 Å². The van der Waals surface area contributed by atoms with E-state index in [0.29, 0.717) is 5.56 Å². The lowest BCUT2D eigenvalue weighted by atomic mass is 10.0. The number of hydrogen-bond acceptors (Lipinski definition) is 3. The minimum atomic E-state index is -0.910. The first-order valence-electron chi connectivity index (χ1n) is 7.25. The molecule has 0 atom stereocenters. The van der Waals surface area contributed by atoms with E-state index in [9.17, 15) is 4.79 Å². The third-order valence-electron chi connectivity index (χ3n) is 3.37. The molecule has 0 spiro atoms. The van der Waals surface area contributed by atoms with Crippen molar-refractivity contribution in [2.45, 2.75) is 25.0 Å². The summed E-state index contributed by atoms with van der Waals surface area (Å²) in [7, 11) is 0. The van der Waals surface area contributed by atoms with Crippen molar-refractivity contribution in [3.63, 3.8) is 0 Å². The first-order valence-corrected chi connectivity index (χ1v) is 7.70. The van der Waals surface area contributed by atoms with Gasteiger partial charge < -0.3 is 10.4 Å². The van der Waals surface area contributed by atoms with Crippen molar-refractivity contribution in [1.82, 2.24) is 0 Å². The predicted molar refractivity (Wildman–Crippen MR) is 95.0 cm³/mol. The molecule has 4 heteroatoms. The molecule has 116 valence electrons. The molecule has 0 unspecified atom stereocenters. The molecule has 2 N–H and O–H groups in total. The molecule has 2 aromatic carbocycles. The summed E-state index contributed by atoms with van der Waals surface area (Å²) in [6.45, 7) is 5.02. The summed E-state index contributed by atoms with van der Waals surface area (Å²) < 4.78 is 0.000426. The molecule has 0 heterocycles. The standard InChI is InChI=1S/C18H21NO2S/c1-18(2,22)9-10-19-16-8-4-6-14(12-16)13-5-3-7-15(11-13)17(20)21/h3-8,11-12,19,22H,9-10H2,1-2H3,(H,20,21). The van der Waals surface area contributed by atoms with Gasteiger partial charge in [0.25, 0.3) is 0 Å². The number of carbonyl (C=O) groups is 1. The second kappa shape index (κ2) is 6.88. The van der Waals surface area contributed by atoms with Gasteiger partial charge in [0.15, 0.2) is 0 Å². The van der Waals surface area contributed by atoms with Crippen LogP contribution in [0.3, 0.4) is 0 Å². The number of nitrogens with one attached hydrogen (secondary N) is 1. The molecule has 0 radical (unpaired) electrons.